The first kappa shape index (κ1) is 17.8. The predicted molar refractivity (Wildman–Crippen MR) is 97.2 cm³/mol. The van der Waals surface area contributed by atoms with Crippen LogP contribution in [0.15, 0.2) is 30.3 Å². The maximum atomic E-state index is 11.2. The van der Waals surface area contributed by atoms with Gasteiger partial charge in [-0.15, -0.1) is 11.8 Å². The van der Waals surface area contributed by atoms with Crippen LogP contribution in [-0.4, -0.2) is 58.8 Å². The minimum absolute atomic E-state index is 0.318. The van der Waals surface area contributed by atoms with E-state index in [0.29, 0.717) is 24.2 Å². The summed E-state index contributed by atoms with van der Waals surface area (Å²) >= 11 is 1.91. The number of urea groups is 1. The summed E-state index contributed by atoms with van der Waals surface area (Å²) in [7, 11) is 0. The number of piperazine rings is 1. The lowest BCUT2D eigenvalue weighted by molar-refractivity contribution is 0.136. The molecule has 1 aromatic rings. The average Bonchev–Trinajstić information content (AvgIpc) is 2.59. The van der Waals surface area contributed by atoms with Crippen LogP contribution in [0.1, 0.15) is 25.3 Å². The molecule has 0 aliphatic carbocycles. The zero-order chi connectivity index (χ0) is 16.7. The van der Waals surface area contributed by atoms with Crippen molar-refractivity contribution in [1.29, 1.82) is 5.41 Å². The summed E-state index contributed by atoms with van der Waals surface area (Å²) in [6, 6.07) is 9.60. The molecular formula is C17H26N4OS. The lowest BCUT2D eigenvalue weighted by Crippen LogP contribution is -2.52. The number of amides is 2. The van der Waals surface area contributed by atoms with Crippen LogP contribution in [0.5, 0.6) is 0 Å². The SMILES string of the molecule is CCC(SCCC(=N)c1ccccc1)N1CCN(C(N)=O)CC1. The molecule has 1 fully saturated rings. The quantitative estimate of drug-likeness (QED) is 0.753. The van der Waals surface area contributed by atoms with Crippen molar-refractivity contribution < 1.29 is 4.79 Å². The predicted octanol–water partition coefficient (Wildman–Crippen LogP) is 2.61. The van der Waals surface area contributed by atoms with Crippen molar-refractivity contribution >= 4 is 23.5 Å². The maximum absolute atomic E-state index is 11.2. The third kappa shape index (κ3) is 5.25. The number of benzene rings is 1. The first-order valence-electron chi connectivity index (χ1n) is 8.14. The van der Waals surface area contributed by atoms with E-state index in [4.69, 9.17) is 11.1 Å². The summed E-state index contributed by atoms with van der Waals surface area (Å²) in [6.45, 7) is 5.38. The third-order valence-electron chi connectivity index (χ3n) is 4.17. The number of carbonyl (C=O) groups is 1. The van der Waals surface area contributed by atoms with Crippen LogP contribution in [0.2, 0.25) is 0 Å². The van der Waals surface area contributed by atoms with Crippen LogP contribution in [-0.2, 0) is 0 Å². The Hall–Kier alpha value is -1.53. The van der Waals surface area contributed by atoms with Gasteiger partial charge in [0.25, 0.3) is 0 Å². The van der Waals surface area contributed by atoms with Gasteiger partial charge in [-0.3, -0.25) is 4.90 Å². The number of nitrogens with one attached hydrogen (secondary N) is 1. The second kappa shape index (κ2) is 8.93. The Morgan fingerprint density at radius 3 is 2.48 bits per heavy atom. The fourth-order valence-corrected chi connectivity index (χ4v) is 4.04. The van der Waals surface area contributed by atoms with E-state index in [1.807, 2.05) is 42.1 Å². The Kier molecular flexibility index (Phi) is 6.92. The average molecular weight is 334 g/mol. The van der Waals surface area contributed by atoms with Crippen molar-refractivity contribution in [1.82, 2.24) is 9.80 Å². The minimum Gasteiger partial charge on any atom is -0.351 e. The van der Waals surface area contributed by atoms with Crippen LogP contribution in [0.4, 0.5) is 4.79 Å². The van der Waals surface area contributed by atoms with Crippen molar-refractivity contribution in [2.45, 2.75) is 25.1 Å². The third-order valence-corrected chi connectivity index (χ3v) is 5.62. The molecule has 126 valence electrons. The van der Waals surface area contributed by atoms with Crippen LogP contribution >= 0.6 is 11.8 Å². The largest absolute Gasteiger partial charge is 0.351 e. The lowest BCUT2D eigenvalue weighted by Gasteiger charge is -2.38. The highest BCUT2D eigenvalue weighted by atomic mass is 32.2. The van der Waals surface area contributed by atoms with E-state index in [9.17, 15) is 4.79 Å². The van der Waals surface area contributed by atoms with Crippen molar-refractivity contribution in [2.75, 3.05) is 31.9 Å². The number of thioether (sulfide) groups is 1. The number of primary amides is 1. The van der Waals surface area contributed by atoms with Gasteiger partial charge in [0.05, 0.1) is 5.37 Å². The fourth-order valence-electron chi connectivity index (χ4n) is 2.79. The van der Waals surface area contributed by atoms with Crippen molar-refractivity contribution in [2.24, 2.45) is 5.73 Å². The number of hydrogen-bond acceptors (Lipinski definition) is 4. The molecule has 1 saturated heterocycles. The molecule has 0 spiro atoms. The Morgan fingerprint density at radius 2 is 1.91 bits per heavy atom. The number of carbonyl (C=O) groups excluding carboxylic acids is 1. The molecule has 5 nitrogen and oxygen atoms in total. The Balaban J connectivity index is 1.75. The smallest absolute Gasteiger partial charge is 0.314 e. The van der Waals surface area contributed by atoms with Gasteiger partial charge in [-0.2, -0.15) is 0 Å². The molecule has 2 rings (SSSR count). The number of nitrogens with zero attached hydrogens (tertiary/aromatic N) is 2. The monoisotopic (exact) mass is 334 g/mol. The molecule has 0 saturated carbocycles. The van der Waals surface area contributed by atoms with Crippen molar-refractivity contribution in [3.8, 4) is 0 Å². The van der Waals surface area contributed by atoms with E-state index >= 15 is 0 Å². The van der Waals surface area contributed by atoms with Gasteiger partial charge in [-0.1, -0.05) is 37.3 Å². The maximum Gasteiger partial charge on any atom is 0.314 e. The fraction of sp³-hybridized carbons (Fsp3) is 0.529. The van der Waals surface area contributed by atoms with Crippen molar-refractivity contribution in [3.05, 3.63) is 35.9 Å². The van der Waals surface area contributed by atoms with Crippen LogP contribution < -0.4 is 5.73 Å². The molecule has 6 heteroatoms. The van der Waals surface area contributed by atoms with Crippen molar-refractivity contribution in [3.63, 3.8) is 0 Å². The zero-order valence-electron chi connectivity index (χ0n) is 13.7. The van der Waals surface area contributed by atoms with Crippen LogP contribution in [0.3, 0.4) is 0 Å². The Bertz CT molecular complexity index is 515. The van der Waals surface area contributed by atoms with E-state index in [0.717, 1.165) is 37.2 Å². The molecule has 1 aliphatic rings. The van der Waals surface area contributed by atoms with E-state index in [2.05, 4.69) is 11.8 Å². The van der Waals surface area contributed by atoms with Gasteiger partial charge < -0.3 is 16.0 Å². The lowest BCUT2D eigenvalue weighted by atomic mass is 10.1. The van der Waals surface area contributed by atoms with E-state index in [-0.39, 0.29) is 6.03 Å². The summed E-state index contributed by atoms with van der Waals surface area (Å²) in [5.41, 5.74) is 7.04. The van der Waals surface area contributed by atoms with Gasteiger partial charge in [0, 0.05) is 37.6 Å². The number of rotatable bonds is 7. The van der Waals surface area contributed by atoms with Gasteiger partial charge in [0.2, 0.25) is 0 Å². The number of nitrogens with two attached hydrogens (primary N) is 1. The highest BCUT2D eigenvalue weighted by molar-refractivity contribution is 7.99. The summed E-state index contributed by atoms with van der Waals surface area (Å²) in [5, 5.41) is 8.62. The molecule has 23 heavy (non-hydrogen) atoms. The number of hydrogen-bond donors (Lipinski definition) is 2. The second-order valence-electron chi connectivity index (χ2n) is 5.69. The normalized spacial score (nSPS) is 17.0. The molecule has 0 radical (unpaired) electrons. The van der Waals surface area contributed by atoms with Crippen LogP contribution in [0, 0.1) is 5.41 Å². The first-order valence-corrected chi connectivity index (χ1v) is 9.19. The van der Waals surface area contributed by atoms with Gasteiger partial charge in [0.15, 0.2) is 0 Å². The van der Waals surface area contributed by atoms with E-state index in [1.54, 1.807) is 4.90 Å². The highest BCUT2D eigenvalue weighted by Gasteiger charge is 2.24. The summed E-state index contributed by atoms with van der Waals surface area (Å²) in [5.74, 6) is 0.947. The summed E-state index contributed by atoms with van der Waals surface area (Å²) < 4.78 is 0. The molecule has 0 bridgehead atoms. The molecule has 1 unspecified atom stereocenters. The summed E-state index contributed by atoms with van der Waals surface area (Å²) in [6.07, 6.45) is 1.85. The van der Waals surface area contributed by atoms with E-state index in [1.165, 1.54) is 0 Å². The molecule has 2 amide bonds. The van der Waals surface area contributed by atoms with Gasteiger partial charge in [0.1, 0.15) is 0 Å². The molecular weight excluding hydrogens is 308 g/mol. The van der Waals surface area contributed by atoms with E-state index < -0.39 is 0 Å². The van der Waals surface area contributed by atoms with Gasteiger partial charge in [-0.25, -0.2) is 4.79 Å². The minimum atomic E-state index is -0.318. The topological polar surface area (TPSA) is 73.4 Å². The molecule has 1 atom stereocenters. The zero-order valence-corrected chi connectivity index (χ0v) is 14.5. The first-order chi connectivity index (χ1) is 11.1. The van der Waals surface area contributed by atoms with Crippen LogP contribution in [0.25, 0.3) is 0 Å². The van der Waals surface area contributed by atoms with Gasteiger partial charge in [-0.05, 0) is 18.4 Å². The standard InChI is InChI=1S/C17H26N4OS/c1-2-16(20-9-11-21(12-10-20)17(19)22)23-13-8-15(18)14-6-4-3-5-7-14/h3-7,16,18H,2,8-13H2,1H3,(H2,19,22). The van der Waals surface area contributed by atoms with Gasteiger partial charge >= 0.3 is 6.03 Å². The second-order valence-corrected chi connectivity index (χ2v) is 6.98. The molecule has 1 heterocycles. The molecule has 1 aromatic carbocycles. The molecule has 0 aromatic heterocycles. The molecule has 3 N–H and O–H groups in total. The highest BCUT2D eigenvalue weighted by Crippen LogP contribution is 2.22. The summed E-state index contributed by atoms with van der Waals surface area (Å²) in [4.78, 5) is 15.3. The molecule has 1 aliphatic heterocycles. The Morgan fingerprint density at radius 1 is 1.26 bits per heavy atom. The Labute approximate surface area is 142 Å².